The van der Waals surface area contributed by atoms with Gasteiger partial charge in [0.05, 0.1) is 31.2 Å². The summed E-state index contributed by atoms with van der Waals surface area (Å²) in [5, 5.41) is 5.62. The summed E-state index contributed by atoms with van der Waals surface area (Å²) in [6, 6.07) is 14.9. The van der Waals surface area contributed by atoms with Gasteiger partial charge in [-0.3, -0.25) is 9.59 Å². The third-order valence-electron chi connectivity index (χ3n) is 6.48. The Balaban J connectivity index is 1.64. The predicted octanol–water partition coefficient (Wildman–Crippen LogP) is 3.52. The number of anilines is 1. The number of methoxy groups -OCH3 is 1. The average molecular weight is 498 g/mol. The van der Waals surface area contributed by atoms with E-state index >= 15 is 0 Å². The summed E-state index contributed by atoms with van der Waals surface area (Å²) in [4.78, 5) is 27.9. The molecule has 2 aromatic carbocycles. The molecule has 2 aromatic rings. The highest BCUT2D eigenvalue weighted by atomic mass is 32.2. The maximum absolute atomic E-state index is 13.7. The predicted molar refractivity (Wildman–Crippen MR) is 135 cm³/mol. The minimum Gasteiger partial charge on any atom is -0.497 e. The van der Waals surface area contributed by atoms with Crippen molar-refractivity contribution in [2.24, 2.45) is 5.10 Å². The third-order valence-corrected chi connectivity index (χ3v) is 8.23. The van der Waals surface area contributed by atoms with Crippen LogP contribution >= 0.6 is 0 Å². The first-order valence-corrected chi connectivity index (χ1v) is 13.6. The molecule has 186 valence electrons. The lowest BCUT2D eigenvalue weighted by Gasteiger charge is -2.30. The van der Waals surface area contributed by atoms with Crippen molar-refractivity contribution in [3.63, 3.8) is 0 Å². The highest BCUT2D eigenvalue weighted by Crippen LogP contribution is 2.26. The molecule has 0 aliphatic carbocycles. The second-order valence-electron chi connectivity index (χ2n) is 9.33. The number of carbonyl (C=O) groups excluding carboxylic acids is 2. The van der Waals surface area contributed by atoms with Gasteiger partial charge in [-0.1, -0.05) is 38.1 Å². The van der Waals surface area contributed by atoms with Gasteiger partial charge in [0.1, 0.15) is 11.5 Å². The zero-order valence-electron chi connectivity index (χ0n) is 20.3. The van der Waals surface area contributed by atoms with E-state index in [0.29, 0.717) is 30.3 Å². The van der Waals surface area contributed by atoms with Crippen LogP contribution in [0.25, 0.3) is 0 Å². The summed E-state index contributed by atoms with van der Waals surface area (Å²) in [5.74, 6) is 0.448. The van der Waals surface area contributed by atoms with Crippen molar-refractivity contribution >= 4 is 33.1 Å². The summed E-state index contributed by atoms with van der Waals surface area (Å²) in [6.07, 6.45) is 0.677. The van der Waals surface area contributed by atoms with Gasteiger partial charge in [-0.15, -0.1) is 0 Å². The van der Waals surface area contributed by atoms with Crippen molar-refractivity contribution in [1.29, 1.82) is 0 Å². The largest absolute Gasteiger partial charge is 0.497 e. The normalized spacial score (nSPS) is 19.5. The van der Waals surface area contributed by atoms with Crippen LogP contribution in [0.1, 0.15) is 50.2 Å². The van der Waals surface area contributed by atoms with E-state index < -0.39 is 15.9 Å². The zero-order valence-corrected chi connectivity index (χ0v) is 21.1. The van der Waals surface area contributed by atoms with Crippen molar-refractivity contribution in [3.8, 4) is 5.75 Å². The van der Waals surface area contributed by atoms with Crippen molar-refractivity contribution in [3.05, 3.63) is 59.7 Å². The van der Waals surface area contributed by atoms with E-state index in [-0.39, 0.29) is 41.9 Å². The van der Waals surface area contributed by atoms with Gasteiger partial charge in [-0.25, -0.2) is 13.4 Å². The van der Waals surface area contributed by atoms with Gasteiger partial charge in [-0.2, -0.15) is 5.10 Å². The lowest BCUT2D eigenvalue weighted by atomic mass is 10.0. The number of benzene rings is 2. The second kappa shape index (κ2) is 10.2. The molecule has 0 radical (unpaired) electrons. The second-order valence-corrected chi connectivity index (χ2v) is 11.6. The first kappa shape index (κ1) is 24.9. The molecule has 4 rings (SSSR count). The van der Waals surface area contributed by atoms with E-state index in [2.05, 4.69) is 31.1 Å². The summed E-state index contributed by atoms with van der Waals surface area (Å²) in [5.41, 5.74) is 3.11. The lowest BCUT2D eigenvalue weighted by Crippen LogP contribution is -2.45. The SMILES string of the molecule is COc1ccc(N(Cc2ccc(C(C)C)cc2)C(=O)C2=NN([C@H]3CCS(=O)(=O)C3)C(=O)CC2)cc1. The molecule has 1 saturated heterocycles. The molecule has 0 unspecified atom stereocenters. The number of nitrogens with zero attached hydrogens (tertiary/aromatic N) is 3. The van der Waals surface area contributed by atoms with Gasteiger partial charge >= 0.3 is 0 Å². The van der Waals surface area contributed by atoms with Crippen molar-refractivity contribution in [1.82, 2.24) is 5.01 Å². The standard InChI is InChI=1S/C26H31N3O5S/c1-18(2)20-6-4-19(5-7-20)16-28(21-8-10-23(34-3)11-9-21)26(31)24-12-13-25(30)29(27-24)22-14-15-35(32,33)17-22/h4-11,18,22H,12-17H2,1-3H3/t22-/m0/s1. The van der Waals surface area contributed by atoms with Crippen LogP contribution < -0.4 is 9.64 Å². The molecule has 0 bridgehead atoms. The molecular formula is C26H31N3O5S. The van der Waals surface area contributed by atoms with E-state index in [9.17, 15) is 18.0 Å². The molecule has 2 aliphatic heterocycles. The molecule has 0 N–H and O–H groups in total. The minimum absolute atomic E-state index is 0.0323. The zero-order chi connectivity index (χ0) is 25.2. The highest BCUT2D eigenvalue weighted by molar-refractivity contribution is 7.91. The first-order valence-electron chi connectivity index (χ1n) is 11.8. The van der Waals surface area contributed by atoms with Gasteiger partial charge in [0.2, 0.25) is 5.91 Å². The van der Waals surface area contributed by atoms with Crippen LogP contribution in [0.15, 0.2) is 53.6 Å². The fourth-order valence-corrected chi connectivity index (χ4v) is 6.06. The van der Waals surface area contributed by atoms with E-state index in [1.54, 1.807) is 24.1 Å². The maximum atomic E-state index is 13.7. The molecule has 2 amide bonds. The molecule has 0 spiro atoms. The Kier molecular flexibility index (Phi) is 7.25. The first-order chi connectivity index (χ1) is 16.7. The molecule has 2 aliphatic rings. The van der Waals surface area contributed by atoms with Gasteiger partial charge in [0, 0.05) is 18.5 Å². The number of rotatable bonds is 7. The summed E-state index contributed by atoms with van der Waals surface area (Å²) in [7, 11) is -1.61. The summed E-state index contributed by atoms with van der Waals surface area (Å²) >= 11 is 0. The van der Waals surface area contributed by atoms with Gasteiger partial charge in [-0.05, 0) is 47.7 Å². The number of carbonyl (C=O) groups is 2. The molecule has 0 aromatic heterocycles. The van der Waals surface area contributed by atoms with Crippen LogP contribution in [-0.2, 0) is 26.0 Å². The Morgan fingerprint density at radius 1 is 1.11 bits per heavy atom. The van der Waals surface area contributed by atoms with E-state index in [1.165, 1.54) is 10.6 Å². The summed E-state index contributed by atoms with van der Waals surface area (Å²) in [6.45, 7) is 4.59. The molecular weight excluding hydrogens is 466 g/mol. The van der Waals surface area contributed by atoms with Crippen LogP contribution in [0.4, 0.5) is 5.69 Å². The molecule has 9 heteroatoms. The number of hydrogen-bond acceptors (Lipinski definition) is 6. The highest BCUT2D eigenvalue weighted by Gasteiger charge is 2.38. The van der Waals surface area contributed by atoms with Crippen LogP contribution in [0, 0.1) is 0 Å². The monoisotopic (exact) mass is 497 g/mol. The average Bonchev–Trinajstić information content (AvgIpc) is 3.22. The lowest BCUT2D eigenvalue weighted by molar-refractivity contribution is -0.133. The Morgan fingerprint density at radius 2 is 1.80 bits per heavy atom. The van der Waals surface area contributed by atoms with Crippen LogP contribution in [0.3, 0.4) is 0 Å². The Bertz CT molecular complexity index is 1220. The molecule has 0 saturated carbocycles. The van der Waals surface area contributed by atoms with Crippen molar-refractivity contribution in [2.45, 2.75) is 51.6 Å². The smallest absolute Gasteiger partial charge is 0.274 e. The van der Waals surface area contributed by atoms with Gasteiger partial charge in [0.25, 0.3) is 5.91 Å². The van der Waals surface area contributed by atoms with Crippen molar-refractivity contribution < 1.29 is 22.7 Å². The van der Waals surface area contributed by atoms with Gasteiger partial charge < -0.3 is 9.64 Å². The number of amides is 2. The third kappa shape index (κ3) is 5.73. The number of ether oxygens (including phenoxy) is 1. The quantitative estimate of drug-likeness (QED) is 0.583. The Morgan fingerprint density at radius 3 is 2.37 bits per heavy atom. The number of hydrogen-bond donors (Lipinski definition) is 0. The molecule has 35 heavy (non-hydrogen) atoms. The molecule has 2 heterocycles. The van der Waals surface area contributed by atoms with Crippen LogP contribution in [0.2, 0.25) is 0 Å². The molecule has 8 nitrogen and oxygen atoms in total. The van der Waals surface area contributed by atoms with E-state index in [4.69, 9.17) is 4.74 Å². The number of sulfone groups is 1. The summed E-state index contributed by atoms with van der Waals surface area (Å²) < 4.78 is 29.2. The Labute approximate surface area is 206 Å². The topological polar surface area (TPSA) is 96.3 Å². The number of hydrazone groups is 1. The molecule has 1 fully saturated rings. The fraction of sp³-hybridized carbons (Fsp3) is 0.423. The van der Waals surface area contributed by atoms with Crippen LogP contribution in [0.5, 0.6) is 5.75 Å². The molecule has 1 atom stereocenters. The van der Waals surface area contributed by atoms with E-state index in [1.807, 2.05) is 24.3 Å². The van der Waals surface area contributed by atoms with Gasteiger partial charge in [0.15, 0.2) is 9.84 Å². The fourth-order valence-electron chi connectivity index (χ4n) is 4.37. The Hall–Kier alpha value is -3.20. The maximum Gasteiger partial charge on any atom is 0.274 e. The van der Waals surface area contributed by atoms with Crippen LogP contribution in [-0.4, -0.2) is 55.6 Å². The van der Waals surface area contributed by atoms with E-state index in [0.717, 1.165) is 5.56 Å². The minimum atomic E-state index is -3.19. The van der Waals surface area contributed by atoms with Crippen molar-refractivity contribution in [2.75, 3.05) is 23.5 Å².